The van der Waals surface area contributed by atoms with Crippen LogP contribution >= 0.6 is 0 Å². The topological polar surface area (TPSA) is 114 Å². The van der Waals surface area contributed by atoms with Crippen molar-refractivity contribution >= 4 is 29.3 Å². The van der Waals surface area contributed by atoms with E-state index < -0.39 is 24.6 Å². The Morgan fingerprint density at radius 2 is 1.81 bits per heavy atom. The zero-order valence-corrected chi connectivity index (χ0v) is 20.3. The van der Waals surface area contributed by atoms with Crippen molar-refractivity contribution in [2.45, 2.75) is 33.3 Å². The average Bonchev–Trinajstić information content (AvgIpc) is 3.11. The Morgan fingerprint density at radius 1 is 1.11 bits per heavy atom. The quantitative estimate of drug-likeness (QED) is 0.510. The number of nitrogens with zero attached hydrogens (tertiary/aromatic N) is 3. The molecule has 1 aliphatic rings. The fourth-order valence-corrected chi connectivity index (χ4v) is 4.14. The number of anilines is 2. The van der Waals surface area contributed by atoms with E-state index in [0.29, 0.717) is 22.8 Å². The first-order valence-corrected chi connectivity index (χ1v) is 11.5. The van der Waals surface area contributed by atoms with Crippen LogP contribution in [0.2, 0.25) is 0 Å². The maximum atomic E-state index is 12.7. The molecule has 1 aromatic heterocycles. The van der Waals surface area contributed by atoms with Gasteiger partial charge in [0.25, 0.3) is 11.8 Å². The van der Waals surface area contributed by atoms with Crippen molar-refractivity contribution in [2.24, 2.45) is 0 Å². The largest absolute Gasteiger partial charge is 0.479 e. The summed E-state index contributed by atoms with van der Waals surface area (Å²) in [6.07, 6.45) is -0.758. The third-order valence-electron chi connectivity index (χ3n) is 6.07. The van der Waals surface area contributed by atoms with E-state index >= 15 is 0 Å². The van der Waals surface area contributed by atoms with E-state index in [-0.39, 0.29) is 18.9 Å². The molecule has 1 unspecified atom stereocenters. The third kappa shape index (κ3) is 4.79. The van der Waals surface area contributed by atoms with Crippen molar-refractivity contribution < 1.29 is 23.9 Å². The zero-order chi connectivity index (χ0) is 25.8. The number of para-hydroxylation sites is 3. The van der Waals surface area contributed by atoms with Gasteiger partial charge >= 0.3 is 5.97 Å². The molecule has 0 radical (unpaired) electrons. The van der Waals surface area contributed by atoms with Crippen LogP contribution in [0, 0.1) is 25.2 Å². The van der Waals surface area contributed by atoms with Gasteiger partial charge in [-0.25, -0.2) is 0 Å². The van der Waals surface area contributed by atoms with Gasteiger partial charge in [0.1, 0.15) is 17.6 Å². The van der Waals surface area contributed by atoms with Crippen molar-refractivity contribution in [3.63, 3.8) is 0 Å². The summed E-state index contributed by atoms with van der Waals surface area (Å²) in [6.45, 7) is 4.90. The number of ether oxygens (including phenoxy) is 2. The molecule has 0 fully saturated rings. The Balaban J connectivity index is 1.40. The number of rotatable bonds is 7. The maximum absolute atomic E-state index is 12.7. The van der Waals surface area contributed by atoms with Crippen molar-refractivity contribution in [1.82, 2.24) is 4.57 Å². The highest BCUT2D eigenvalue weighted by atomic mass is 16.5. The van der Waals surface area contributed by atoms with E-state index in [9.17, 15) is 19.6 Å². The lowest BCUT2D eigenvalue weighted by Crippen LogP contribution is -2.45. The van der Waals surface area contributed by atoms with Crippen LogP contribution < -0.4 is 15.0 Å². The van der Waals surface area contributed by atoms with E-state index in [4.69, 9.17) is 9.47 Å². The Hall–Kier alpha value is -4.58. The lowest BCUT2D eigenvalue weighted by Gasteiger charge is -2.32. The van der Waals surface area contributed by atoms with Gasteiger partial charge in [0.05, 0.1) is 17.7 Å². The number of hydrogen-bond acceptors (Lipinski definition) is 6. The van der Waals surface area contributed by atoms with E-state index in [1.54, 1.807) is 35.8 Å². The van der Waals surface area contributed by atoms with Crippen LogP contribution in [0.1, 0.15) is 30.2 Å². The monoisotopic (exact) mass is 486 g/mol. The molecule has 2 heterocycles. The van der Waals surface area contributed by atoms with E-state index in [1.807, 2.05) is 44.2 Å². The molecule has 1 aliphatic heterocycles. The lowest BCUT2D eigenvalue weighted by molar-refractivity contribution is -0.147. The highest BCUT2D eigenvalue weighted by Crippen LogP contribution is 2.33. The van der Waals surface area contributed by atoms with E-state index in [0.717, 1.165) is 16.9 Å². The molecule has 0 spiro atoms. The highest BCUT2D eigenvalue weighted by Gasteiger charge is 2.31. The fourth-order valence-electron chi connectivity index (χ4n) is 4.14. The van der Waals surface area contributed by atoms with Crippen LogP contribution in [-0.2, 0) is 19.1 Å². The number of aromatic nitrogens is 1. The lowest BCUT2D eigenvalue weighted by atomic mass is 10.2. The maximum Gasteiger partial charge on any atom is 0.308 e. The van der Waals surface area contributed by atoms with E-state index in [2.05, 4.69) is 11.4 Å². The summed E-state index contributed by atoms with van der Waals surface area (Å²) in [5.41, 5.74) is 3.28. The van der Waals surface area contributed by atoms with Gasteiger partial charge in [0.15, 0.2) is 12.7 Å². The molecule has 3 aromatic rings. The molecule has 36 heavy (non-hydrogen) atoms. The second-order valence-corrected chi connectivity index (χ2v) is 8.39. The number of amides is 2. The number of esters is 1. The Labute approximate surface area is 208 Å². The Kier molecular flexibility index (Phi) is 7.06. The minimum Gasteiger partial charge on any atom is -0.479 e. The summed E-state index contributed by atoms with van der Waals surface area (Å²) >= 11 is 0. The summed E-state index contributed by atoms with van der Waals surface area (Å²) in [4.78, 5) is 39.1. The third-order valence-corrected chi connectivity index (χ3v) is 6.07. The molecule has 0 bridgehead atoms. The van der Waals surface area contributed by atoms with Gasteiger partial charge in [-0.05, 0) is 50.6 Å². The Bertz CT molecular complexity index is 1360. The Morgan fingerprint density at radius 3 is 2.53 bits per heavy atom. The van der Waals surface area contributed by atoms with Gasteiger partial charge in [-0.3, -0.25) is 19.0 Å². The SMILES string of the molecule is Cc1c(C#N)c(NC(=O)COC(=O)CCN2C(=O)C(C)Oc3ccccc32)n(-c2ccccc2)c1C. The molecule has 4 rings (SSSR count). The van der Waals surface area contributed by atoms with Gasteiger partial charge in [-0.1, -0.05) is 30.3 Å². The molecule has 0 saturated heterocycles. The van der Waals surface area contributed by atoms with Gasteiger partial charge in [0.2, 0.25) is 0 Å². The summed E-state index contributed by atoms with van der Waals surface area (Å²) in [5.74, 6) is -0.561. The summed E-state index contributed by atoms with van der Waals surface area (Å²) in [6, 6.07) is 18.6. The van der Waals surface area contributed by atoms with Gasteiger partial charge in [-0.15, -0.1) is 0 Å². The van der Waals surface area contributed by atoms with Crippen molar-refractivity contribution in [3.05, 3.63) is 71.4 Å². The smallest absolute Gasteiger partial charge is 0.308 e. The standard InChI is InChI=1S/C27H26N4O5/c1-17-18(2)31(20-9-5-4-6-10-20)26(21(17)15-28)29-24(32)16-35-25(33)13-14-30-22-11-7-8-12-23(22)36-19(3)27(30)34/h4-12,19H,13-14,16H2,1-3H3,(H,29,32). The molecule has 1 N–H and O–H groups in total. The summed E-state index contributed by atoms with van der Waals surface area (Å²) in [7, 11) is 0. The predicted molar refractivity (Wildman–Crippen MR) is 133 cm³/mol. The van der Waals surface area contributed by atoms with Crippen LogP contribution in [0.15, 0.2) is 54.6 Å². The van der Waals surface area contributed by atoms with Crippen molar-refractivity contribution in [1.29, 1.82) is 5.26 Å². The predicted octanol–water partition coefficient (Wildman–Crippen LogP) is 3.65. The fraction of sp³-hybridized carbons (Fsp3) is 0.259. The molecule has 0 saturated carbocycles. The summed E-state index contributed by atoms with van der Waals surface area (Å²) in [5, 5.41) is 12.4. The second kappa shape index (κ2) is 10.4. The first-order chi connectivity index (χ1) is 17.3. The molecule has 9 heteroatoms. The molecule has 184 valence electrons. The summed E-state index contributed by atoms with van der Waals surface area (Å²) < 4.78 is 12.6. The number of carbonyl (C=O) groups excluding carboxylic acids is 3. The second-order valence-electron chi connectivity index (χ2n) is 8.39. The molecule has 1 atom stereocenters. The van der Waals surface area contributed by atoms with Gasteiger partial charge < -0.3 is 19.7 Å². The van der Waals surface area contributed by atoms with E-state index in [1.165, 1.54) is 4.90 Å². The van der Waals surface area contributed by atoms with Crippen LogP contribution in [0.3, 0.4) is 0 Å². The van der Waals surface area contributed by atoms with Crippen molar-refractivity contribution in [2.75, 3.05) is 23.4 Å². The zero-order valence-electron chi connectivity index (χ0n) is 20.3. The van der Waals surface area contributed by atoms with Crippen LogP contribution in [0.25, 0.3) is 5.69 Å². The molecule has 9 nitrogen and oxygen atoms in total. The highest BCUT2D eigenvalue weighted by molar-refractivity contribution is 6.00. The number of nitrogens with one attached hydrogen (secondary N) is 1. The van der Waals surface area contributed by atoms with Gasteiger partial charge in [-0.2, -0.15) is 5.26 Å². The number of nitriles is 1. The van der Waals surface area contributed by atoms with Gasteiger partial charge in [0, 0.05) is 17.9 Å². The molecular formula is C27H26N4O5. The molecule has 2 amide bonds. The number of fused-ring (bicyclic) bond motifs is 1. The first kappa shape index (κ1) is 24.5. The number of hydrogen-bond donors (Lipinski definition) is 1. The number of carbonyl (C=O) groups is 3. The minimum absolute atomic E-state index is 0.0951. The number of benzene rings is 2. The molecule has 0 aliphatic carbocycles. The first-order valence-electron chi connectivity index (χ1n) is 11.5. The normalized spacial score (nSPS) is 14.4. The molecular weight excluding hydrogens is 460 g/mol. The molecule has 2 aromatic carbocycles. The minimum atomic E-state index is -0.663. The average molecular weight is 487 g/mol. The van der Waals surface area contributed by atoms with Crippen LogP contribution in [-0.4, -0.2) is 41.6 Å². The van der Waals surface area contributed by atoms with Crippen LogP contribution in [0.5, 0.6) is 5.75 Å². The van der Waals surface area contributed by atoms with Crippen molar-refractivity contribution in [3.8, 4) is 17.5 Å². The van der Waals surface area contributed by atoms with Crippen LogP contribution in [0.4, 0.5) is 11.5 Å².